The number of nitrogens with zero attached hydrogens (tertiary/aromatic N) is 1. The van der Waals surface area contributed by atoms with Gasteiger partial charge in [-0.15, -0.1) is 12.4 Å². The third-order valence-corrected chi connectivity index (χ3v) is 5.08. The number of carbonyl (C=O) groups is 2. The maximum absolute atomic E-state index is 12.7. The fourth-order valence-corrected chi connectivity index (χ4v) is 3.70. The Morgan fingerprint density at radius 3 is 3.00 bits per heavy atom. The Hall–Kier alpha value is -1.15. The lowest BCUT2D eigenvalue weighted by Crippen LogP contribution is -2.56. The van der Waals surface area contributed by atoms with Crippen molar-refractivity contribution in [2.45, 2.75) is 38.0 Å². The highest BCUT2D eigenvalue weighted by molar-refractivity contribution is 9.10. The molecule has 0 aliphatic carbocycles. The van der Waals surface area contributed by atoms with Gasteiger partial charge in [-0.05, 0) is 30.5 Å². The van der Waals surface area contributed by atoms with Crippen LogP contribution in [0.3, 0.4) is 0 Å². The van der Waals surface area contributed by atoms with Crippen molar-refractivity contribution in [2.24, 2.45) is 0 Å². The Bertz CT molecular complexity index is 625. The SMILES string of the molecule is Cl.O=C(CC1NCCN(Cc2cccc(Br)c2)C1=O)NCC1CCCO1. The van der Waals surface area contributed by atoms with Crippen molar-refractivity contribution in [1.82, 2.24) is 15.5 Å². The molecule has 0 radical (unpaired) electrons. The second kappa shape index (κ2) is 10.3. The minimum Gasteiger partial charge on any atom is -0.376 e. The monoisotopic (exact) mass is 445 g/mol. The lowest BCUT2D eigenvalue weighted by atomic mass is 10.1. The lowest BCUT2D eigenvalue weighted by Gasteiger charge is -2.33. The molecule has 2 aliphatic heterocycles. The van der Waals surface area contributed by atoms with Crippen molar-refractivity contribution in [3.05, 3.63) is 34.3 Å². The van der Waals surface area contributed by atoms with Crippen molar-refractivity contribution >= 4 is 40.2 Å². The smallest absolute Gasteiger partial charge is 0.240 e. The summed E-state index contributed by atoms with van der Waals surface area (Å²) in [6.45, 7) is 3.21. The Morgan fingerprint density at radius 1 is 1.42 bits per heavy atom. The van der Waals surface area contributed by atoms with Crippen molar-refractivity contribution < 1.29 is 14.3 Å². The van der Waals surface area contributed by atoms with Crippen LogP contribution in [0.15, 0.2) is 28.7 Å². The number of rotatable bonds is 6. The molecule has 26 heavy (non-hydrogen) atoms. The maximum atomic E-state index is 12.7. The van der Waals surface area contributed by atoms with Crippen LogP contribution in [0.4, 0.5) is 0 Å². The van der Waals surface area contributed by atoms with Gasteiger partial charge in [-0.25, -0.2) is 0 Å². The predicted octanol–water partition coefficient (Wildman–Crippen LogP) is 1.86. The fraction of sp³-hybridized carbons (Fsp3) is 0.556. The van der Waals surface area contributed by atoms with Crippen molar-refractivity contribution in [2.75, 3.05) is 26.2 Å². The first-order valence-corrected chi connectivity index (χ1v) is 9.56. The van der Waals surface area contributed by atoms with E-state index in [-0.39, 0.29) is 36.7 Å². The summed E-state index contributed by atoms with van der Waals surface area (Å²) in [5.74, 6) is -0.121. The van der Waals surface area contributed by atoms with E-state index in [1.807, 2.05) is 29.2 Å². The van der Waals surface area contributed by atoms with Gasteiger partial charge in [0.1, 0.15) is 0 Å². The first-order chi connectivity index (χ1) is 12.1. The van der Waals surface area contributed by atoms with Gasteiger partial charge in [0.2, 0.25) is 11.8 Å². The molecule has 2 atom stereocenters. The van der Waals surface area contributed by atoms with E-state index in [4.69, 9.17) is 4.74 Å². The molecule has 1 aromatic rings. The Labute approximate surface area is 168 Å². The molecule has 2 saturated heterocycles. The topological polar surface area (TPSA) is 70.7 Å². The van der Waals surface area contributed by atoms with E-state index in [9.17, 15) is 9.59 Å². The molecule has 0 bridgehead atoms. The van der Waals surface area contributed by atoms with Gasteiger partial charge in [0, 0.05) is 37.3 Å². The van der Waals surface area contributed by atoms with E-state index in [2.05, 4.69) is 26.6 Å². The van der Waals surface area contributed by atoms with Crippen molar-refractivity contribution in [1.29, 1.82) is 0 Å². The molecule has 2 amide bonds. The van der Waals surface area contributed by atoms with Crippen LogP contribution < -0.4 is 10.6 Å². The van der Waals surface area contributed by atoms with Gasteiger partial charge >= 0.3 is 0 Å². The standard InChI is InChI=1S/C18H24BrN3O3.ClH/c19-14-4-1-3-13(9-14)12-22-7-6-20-16(18(22)24)10-17(23)21-11-15-5-2-8-25-15;/h1,3-4,9,15-16,20H,2,5-8,10-12H2,(H,21,23);1H. The van der Waals surface area contributed by atoms with Crippen LogP contribution in [0.1, 0.15) is 24.8 Å². The van der Waals surface area contributed by atoms with Crippen LogP contribution in [0.5, 0.6) is 0 Å². The molecule has 1 aromatic carbocycles. The molecule has 2 fully saturated rings. The van der Waals surface area contributed by atoms with Crippen LogP contribution in [-0.2, 0) is 20.9 Å². The minimum absolute atomic E-state index is 0. The molecule has 2 heterocycles. The summed E-state index contributed by atoms with van der Waals surface area (Å²) < 4.78 is 6.50. The molecule has 2 unspecified atom stereocenters. The first-order valence-electron chi connectivity index (χ1n) is 8.77. The zero-order valence-corrected chi connectivity index (χ0v) is 17.0. The van der Waals surface area contributed by atoms with Crippen LogP contribution in [0.2, 0.25) is 0 Å². The van der Waals surface area contributed by atoms with Crippen LogP contribution in [-0.4, -0.2) is 55.1 Å². The van der Waals surface area contributed by atoms with Gasteiger partial charge < -0.3 is 20.3 Å². The summed E-state index contributed by atoms with van der Waals surface area (Å²) in [6, 6.07) is 7.49. The zero-order valence-electron chi connectivity index (χ0n) is 14.6. The third kappa shape index (κ3) is 5.94. The number of carbonyl (C=O) groups excluding carboxylic acids is 2. The number of ether oxygens (including phenoxy) is 1. The van der Waals surface area contributed by atoms with Gasteiger partial charge in [-0.3, -0.25) is 9.59 Å². The molecule has 0 spiro atoms. The largest absolute Gasteiger partial charge is 0.376 e. The summed E-state index contributed by atoms with van der Waals surface area (Å²) >= 11 is 3.45. The summed E-state index contributed by atoms with van der Waals surface area (Å²) in [4.78, 5) is 26.6. The van der Waals surface area contributed by atoms with E-state index >= 15 is 0 Å². The second-order valence-electron chi connectivity index (χ2n) is 6.54. The van der Waals surface area contributed by atoms with Gasteiger partial charge in [0.25, 0.3) is 0 Å². The molecule has 2 aliphatic rings. The van der Waals surface area contributed by atoms with Crippen molar-refractivity contribution in [3.8, 4) is 0 Å². The lowest BCUT2D eigenvalue weighted by molar-refractivity contribution is -0.138. The molecule has 6 nitrogen and oxygen atoms in total. The average Bonchev–Trinajstić information content (AvgIpc) is 3.10. The Morgan fingerprint density at radius 2 is 2.27 bits per heavy atom. The fourth-order valence-electron chi connectivity index (χ4n) is 3.25. The summed E-state index contributed by atoms with van der Waals surface area (Å²) in [6.07, 6.45) is 2.32. The van der Waals surface area contributed by atoms with E-state index in [1.165, 1.54) is 0 Å². The first kappa shape index (κ1) is 21.2. The number of amides is 2. The number of benzene rings is 1. The van der Waals surface area contributed by atoms with Gasteiger partial charge in [-0.1, -0.05) is 28.1 Å². The summed E-state index contributed by atoms with van der Waals surface area (Å²) in [5.41, 5.74) is 1.08. The van der Waals surface area contributed by atoms with Gasteiger partial charge in [0.15, 0.2) is 0 Å². The van der Waals surface area contributed by atoms with Crippen molar-refractivity contribution in [3.63, 3.8) is 0 Å². The molecule has 0 saturated carbocycles. The van der Waals surface area contributed by atoms with E-state index in [1.54, 1.807) is 0 Å². The molecule has 144 valence electrons. The predicted molar refractivity (Wildman–Crippen MR) is 105 cm³/mol. The number of hydrogen-bond donors (Lipinski definition) is 2. The number of nitrogens with one attached hydrogen (secondary N) is 2. The highest BCUT2D eigenvalue weighted by atomic mass is 79.9. The second-order valence-corrected chi connectivity index (χ2v) is 7.46. The average molecular weight is 447 g/mol. The van der Waals surface area contributed by atoms with E-state index in [0.717, 1.165) is 29.5 Å². The highest BCUT2D eigenvalue weighted by Gasteiger charge is 2.30. The normalized spacial score (nSPS) is 22.8. The third-order valence-electron chi connectivity index (χ3n) is 4.59. The quantitative estimate of drug-likeness (QED) is 0.700. The van der Waals surface area contributed by atoms with Crippen LogP contribution in [0.25, 0.3) is 0 Å². The minimum atomic E-state index is -0.453. The summed E-state index contributed by atoms with van der Waals surface area (Å²) in [7, 11) is 0. The molecular formula is C18H25BrClN3O3. The molecular weight excluding hydrogens is 422 g/mol. The molecule has 3 rings (SSSR count). The summed E-state index contributed by atoms with van der Waals surface area (Å²) in [5, 5.41) is 6.05. The van der Waals surface area contributed by atoms with Crippen LogP contribution in [0, 0.1) is 0 Å². The molecule has 8 heteroatoms. The van der Waals surface area contributed by atoms with E-state index < -0.39 is 6.04 Å². The Balaban J connectivity index is 0.00000243. The Kier molecular flexibility index (Phi) is 8.34. The highest BCUT2D eigenvalue weighted by Crippen LogP contribution is 2.16. The number of piperazine rings is 1. The number of halogens is 2. The molecule has 0 aromatic heterocycles. The number of hydrogen-bond acceptors (Lipinski definition) is 4. The van der Waals surface area contributed by atoms with Gasteiger partial charge in [0.05, 0.1) is 18.6 Å². The zero-order chi connectivity index (χ0) is 17.6. The molecule has 2 N–H and O–H groups in total. The van der Waals surface area contributed by atoms with Crippen LogP contribution >= 0.6 is 28.3 Å². The van der Waals surface area contributed by atoms with Gasteiger partial charge in [-0.2, -0.15) is 0 Å². The maximum Gasteiger partial charge on any atom is 0.240 e. The van der Waals surface area contributed by atoms with E-state index in [0.29, 0.717) is 26.2 Å².